The van der Waals surface area contributed by atoms with E-state index in [4.69, 9.17) is 9.47 Å². The third-order valence-electron chi connectivity index (χ3n) is 4.54. The minimum Gasteiger partial charge on any atom is -0.456 e. The average molecular weight is 367 g/mol. The van der Waals surface area contributed by atoms with Crippen molar-refractivity contribution in [1.82, 2.24) is 5.09 Å². The van der Waals surface area contributed by atoms with Gasteiger partial charge in [-0.25, -0.2) is 0 Å². The molecule has 0 aliphatic carbocycles. The van der Waals surface area contributed by atoms with E-state index in [0.29, 0.717) is 18.1 Å². The summed E-state index contributed by atoms with van der Waals surface area (Å²) >= 11 is 0. The molecule has 0 spiro atoms. The standard InChI is InChI=1S/C21H22NO3P/c23-26(22-14-19-12-7-13-24-19)15-20(17-8-3-1-4-9-17)25-21(16-26)18-10-5-2-6-11-18/h1-6,8-11,15-16,19H,7,12-14H2,(H,22,23)/t19-/m1/s1. The van der Waals surface area contributed by atoms with Crippen molar-refractivity contribution >= 4 is 18.8 Å². The molecule has 26 heavy (non-hydrogen) atoms. The molecule has 1 atom stereocenters. The van der Waals surface area contributed by atoms with Crippen LogP contribution < -0.4 is 5.09 Å². The molecule has 2 aromatic carbocycles. The van der Waals surface area contributed by atoms with Gasteiger partial charge in [0.1, 0.15) is 11.5 Å². The van der Waals surface area contributed by atoms with Crippen LogP contribution in [0, 0.1) is 0 Å². The van der Waals surface area contributed by atoms with E-state index in [1.165, 1.54) is 0 Å². The maximum absolute atomic E-state index is 13.6. The molecule has 134 valence electrons. The Hall–Kier alpha value is -2.13. The number of rotatable bonds is 5. The van der Waals surface area contributed by atoms with Crippen LogP contribution in [0.3, 0.4) is 0 Å². The monoisotopic (exact) mass is 367 g/mol. The van der Waals surface area contributed by atoms with Crippen LogP contribution in [0.4, 0.5) is 0 Å². The molecule has 5 heteroatoms. The summed E-state index contributed by atoms with van der Waals surface area (Å²) in [6.07, 6.45) is 2.20. The fourth-order valence-corrected chi connectivity index (χ4v) is 5.02. The molecule has 1 saturated heterocycles. The van der Waals surface area contributed by atoms with E-state index < -0.39 is 7.29 Å². The number of hydrogen-bond donors (Lipinski definition) is 1. The van der Waals surface area contributed by atoms with Crippen molar-refractivity contribution in [3.05, 3.63) is 83.4 Å². The van der Waals surface area contributed by atoms with E-state index in [9.17, 15) is 4.57 Å². The molecule has 0 amide bonds. The van der Waals surface area contributed by atoms with Gasteiger partial charge in [0.2, 0.25) is 0 Å². The summed E-state index contributed by atoms with van der Waals surface area (Å²) < 4.78 is 25.3. The lowest BCUT2D eigenvalue weighted by atomic mass is 10.2. The van der Waals surface area contributed by atoms with Crippen LogP contribution in [-0.4, -0.2) is 19.3 Å². The number of benzene rings is 2. The second kappa shape index (κ2) is 7.63. The molecule has 0 unspecified atom stereocenters. The highest BCUT2D eigenvalue weighted by molar-refractivity contribution is 7.68. The second-order valence-corrected chi connectivity index (χ2v) is 8.78. The fourth-order valence-electron chi connectivity index (χ4n) is 3.17. The van der Waals surface area contributed by atoms with E-state index in [0.717, 1.165) is 30.6 Å². The third kappa shape index (κ3) is 3.99. The summed E-state index contributed by atoms with van der Waals surface area (Å²) in [5.74, 6) is 4.69. The molecular weight excluding hydrogens is 345 g/mol. The topological polar surface area (TPSA) is 47.6 Å². The summed E-state index contributed by atoms with van der Waals surface area (Å²) in [4.78, 5) is 0. The summed E-state index contributed by atoms with van der Waals surface area (Å²) in [5, 5.41) is 3.24. The second-order valence-electron chi connectivity index (χ2n) is 6.53. The Balaban J connectivity index is 1.65. The van der Waals surface area contributed by atoms with Gasteiger partial charge >= 0.3 is 0 Å². The number of hydrogen-bond acceptors (Lipinski definition) is 3. The lowest BCUT2D eigenvalue weighted by Gasteiger charge is -2.24. The Kier molecular flexibility index (Phi) is 5.07. The highest BCUT2D eigenvalue weighted by atomic mass is 31.2. The van der Waals surface area contributed by atoms with Gasteiger partial charge in [-0.15, -0.1) is 0 Å². The Morgan fingerprint density at radius 3 is 2.00 bits per heavy atom. The molecule has 2 aromatic rings. The lowest BCUT2D eigenvalue weighted by molar-refractivity contribution is 0.114. The van der Waals surface area contributed by atoms with Crippen LogP contribution in [0.1, 0.15) is 24.0 Å². The Morgan fingerprint density at radius 1 is 0.923 bits per heavy atom. The SMILES string of the molecule is O=P1(NC[C@H]2CCCO2)C=C(c2ccccc2)OC(c2ccccc2)=C1. The van der Waals surface area contributed by atoms with Gasteiger partial charge in [0.05, 0.1) is 6.10 Å². The van der Waals surface area contributed by atoms with Crippen molar-refractivity contribution in [2.75, 3.05) is 13.2 Å². The molecule has 1 N–H and O–H groups in total. The van der Waals surface area contributed by atoms with E-state index in [-0.39, 0.29) is 6.10 Å². The zero-order valence-corrected chi connectivity index (χ0v) is 15.4. The highest BCUT2D eigenvalue weighted by Gasteiger charge is 2.28. The summed E-state index contributed by atoms with van der Waals surface area (Å²) in [6.45, 7) is 1.37. The molecule has 0 saturated carbocycles. The van der Waals surface area contributed by atoms with Crippen molar-refractivity contribution in [1.29, 1.82) is 0 Å². The van der Waals surface area contributed by atoms with Crippen molar-refractivity contribution in [3.8, 4) is 0 Å². The predicted octanol–water partition coefficient (Wildman–Crippen LogP) is 5.06. The van der Waals surface area contributed by atoms with Crippen molar-refractivity contribution in [2.45, 2.75) is 18.9 Å². The van der Waals surface area contributed by atoms with Crippen molar-refractivity contribution in [3.63, 3.8) is 0 Å². The summed E-state index contributed by atoms with van der Waals surface area (Å²) in [6, 6.07) is 19.6. The molecule has 0 bridgehead atoms. The molecule has 0 radical (unpaired) electrons. The molecule has 4 nitrogen and oxygen atoms in total. The van der Waals surface area contributed by atoms with Crippen molar-refractivity contribution in [2.24, 2.45) is 0 Å². The first-order valence-corrected chi connectivity index (χ1v) is 10.8. The lowest BCUT2D eigenvalue weighted by Crippen LogP contribution is -2.23. The summed E-state index contributed by atoms with van der Waals surface area (Å²) in [7, 11) is -2.89. The van der Waals surface area contributed by atoms with Gasteiger partial charge < -0.3 is 9.47 Å². The van der Waals surface area contributed by atoms with Gasteiger partial charge in [0.15, 0.2) is 7.29 Å². The van der Waals surface area contributed by atoms with Crippen molar-refractivity contribution < 1.29 is 14.0 Å². The van der Waals surface area contributed by atoms with Crippen LogP contribution in [0.5, 0.6) is 0 Å². The predicted molar refractivity (Wildman–Crippen MR) is 105 cm³/mol. The first-order chi connectivity index (χ1) is 12.7. The first-order valence-electron chi connectivity index (χ1n) is 8.92. The Morgan fingerprint density at radius 2 is 1.50 bits per heavy atom. The number of nitrogens with one attached hydrogen (secondary N) is 1. The maximum Gasteiger partial charge on any atom is 0.198 e. The average Bonchev–Trinajstić information content (AvgIpc) is 3.21. The third-order valence-corrected chi connectivity index (χ3v) is 6.46. The molecule has 1 fully saturated rings. The van der Waals surface area contributed by atoms with Gasteiger partial charge in [0, 0.05) is 35.9 Å². The van der Waals surface area contributed by atoms with E-state index in [2.05, 4.69) is 5.09 Å². The normalized spacial score (nSPS) is 21.6. The molecule has 4 rings (SSSR count). The first kappa shape index (κ1) is 17.3. The van der Waals surface area contributed by atoms with Crippen LogP contribution in [-0.2, 0) is 14.0 Å². The Bertz CT molecular complexity index is 796. The Labute approximate surface area is 154 Å². The summed E-state index contributed by atoms with van der Waals surface area (Å²) in [5.41, 5.74) is 1.82. The van der Waals surface area contributed by atoms with E-state index >= 15 is 0 Å². The molecular formula is C21H22NO3P. The van der Waals surface area contributed by atoms with Gasteiger partial charge in [-0.2, -0.15) is 0 Å². The van der Waals surface area contributed by atoms with Crippen LogP contribution >= 0.6 is 7.29 Å². The van der Waals surface area contributed by atoms with E-state index in [1.807, 2.05) is 60.7 Å². The molecule has 0 aromatic heterocycles. The molecule has 2 aliphatic heterocycles. The van der Waals surface area contributed by atoms with E-state index in [1.54, 1.807) is 11.6 Å². The quantitative estimate of drug-likeness (QED) is 0.751. The van der Waals surface area contributed by atoms with Gasteiger partial charge in [0.25, 0.3) is 0 Å². The zero-order valence-electron chi connectivity index (χ0n) is 14.5. The van der Waals surface area contributed by atoms with Crippen LogP contribution in [0.15, 0.2) is 72.3 Å². The fraction of sp³-hybridized carbons (Fsp3) is 0.238. The minimum atomic E-state index is -2.89. The number of ether oxygens (including phenoxy) is 2. The molecule has 2 aliphatic rings. The smallest absolute Gasteiger partial charge is 0.198 e. The maximum atomic E-state index is 13.6. The van der Waals surface area contributed by atoms with Gasteiger partial charge in [-0.1, -0.05) is 60.7 Å². The largest absolute Gasteiger partial charge is 0.456 e. The minimum absolute atomic E-state index is 0.130. The van der Waals surface area contributed by atoms with Crippen LogP contribution in [0.2, 0.25) is 0 Å². The van der Waals surface area contributed by atoms with Crippen LogP contribution in [0.25, 0.3) is 11.5 Å². The molecule has 2 heterocycles. The van der Waals surface area contributed by atoms with Gasteiger partial charge in [-0.05, 0) is 12.8 Å². The highest BCUT2D eigenvalue weighted by Crippen LogP contribution is 2.53. The van der Waals surface area contributed by atoms with Gasteiger partial charge in [-0.3, -0.25) is 9.65 Å². The zero-order chi connectivity index (χ0) is 17.8.